The van der Waals surface area contributed by atoms with Gasteiger partial charge in [-0.2, -0.15) is 0 Å². The third-order valence-corrected chi connectivity index (χ3v) is 5.16. The van der Waals surface area contributed by atoms with Crippen molar-refractivity contribution in [3.05, 3.63) is 35.4 Å². The second-order valence-electron chi connectivity index (χ2n) is 4.00. The van der Waals surface area contributed by atoms with Crippen LogP contribution >= 0.6 is 0 Å². The summed E-state index contributed by atoms with van der Waals surface area (Å²) in [6.45, 7) is 4.02. The molecular formula is C12H19NO2S. The first kappa shape index (κ1) is 13.2. The lowest BCUT2D eigenvalue weighted by molar-refractivity contribution is 0.580. The molecule has 0 fully saturated rings. The first-order chi connectivity index (χ1) is 7.51. The summed E-state index contributed by atoms with van der Waals surface area (Å²) in [6, 6.07) is 7.44. The van der Waals surface area contributed by atoms with Crippen LogP contribution in [0.5, 0.6) is 0 Å². The van der Waals surface area contributed by atoms with Crippen LogP contribution in [0.25, 0.3) is 0 Å². The smallest absolute Gasteiger partial charge is 0.157 e. The molecule has 0 spiro atoms. The van der Waals surface area contributed by atoms with Crippen molar-refractivity contribution < 1.29 is 8.42 Å². The van der Waals surface area contributed by atoms with Gasteiger partial charge in [0.1, 0.15) is 0 Å². The Bertz CT molecular complexity index is 440. The molecule has 0 aliphatic carbocycles. The van der Waals surface area contributed by atoms with Gasteiger partial charge in [-0.05, 0) is 24.5 Å². The largest absolute Gasteiger partial charge is 0.326 e. The minimum atomic E-state index is -3.05. The predicted octanol–water partition coefficient (Wildman–Crippen LogP) is 1.86. The molecule has 0 bridgehead atoms. The highest BCUT2D eigenvalue weighted by molar-refractivity contribution is 7.91. The van der Waals surface area contributed by atoms with E-state index in [1.807, 2.05) is 31.2 Å². The van der Waals surface area contributed by atoms with Gasteiger partial charge in [-0.15, -0.1) is 0 Å². The zero-order valence-corrected chi connectivity index (χ0v) is 10.6. The first-order valence-corrected chi connectivity index (χ1v) is 7.21. The fraction of sp³-hybridized carbons (Fsp3) is 0.500. The van der Waals surface area contributed by atoms with Gasteiger partial charge in [0.05, 0.1) is 11.0 Å². The number of nitrogens with two attached hydrogens (primary N) is 1. The first-order valence-electron chi connectivity index (χ1n) is 5.49. The SMILES string of the molecule is CCC(C)S(=O)(=O)Cc1ccccc1CN. The van der Waals surface area contributed by atoms with Crippen molar-refractivity contribution in [1.82, 2.24) is 0 Å². The van der Waals surface area contributed by atoms with E-state index in [9.17, 15) is 8.42 Å². The number of rotatable bonds is 5. The molecule has 0 amide bonds. The van der Waals surface area contributed by atoms with Crippen LogP contribution in [0.2, 0.25) is 0 Å². The Morgan fingerprint density at radius 1 is 1.25 bits per heavy atom. The lowest BCUT2D eigenvalue weighted by Crippen LogP contribution is -2.19. The van der Waals surface area contributed by atoms with Crippen LogP contribution in [0.3, 0.4) is 0 Å². The molecule has 0 aromatic heterocycles. The Kier molecular flexibility index (Phi) is 4.50. The number of hydrogen-bond donors (Lipinski definition) is 1. The summed E-state index contributed by atoms with van der Waals surface area (Å²) in [5, 5.41) is -0.293. The topological polar surface area (TPSA) is 60.2 Å². The molecule has 0 radical (unpaired) electrons. The molecule has 0 saturated heterocycles. The molecule has 3 nitrogen and oxygen atoms in total. The number of benzene rings is 1. The van der Waals surface area contributed by atoms with Gasteiger partial charge in [-0.3, -0.25) is 0 Å². The van der Waals surface area contributed by atoms with E-state index in [-0.39, 0.29) is 11.0 Å². The van der Waals surface area contributed by atoms with E-state index in [2.05, 4.69) is 0 Å². The molecular weight excluding hydrogens is 222 g/mol. The lowest BCUT2D eigenvalue weighted by Gasteiger charge is -2.12. The Balaban J connectivity index is 2.96. The summed E-state index contributed by atoms with van der Waals surface area (Å²) in [6.07, 6.45) is 0.646. The Morgan fingerprint density at radius 3 is 2.31 bits per heavy atom. The van der Waals surface area contributed by atoms with Crippen LogP contribution in [0, 0.1) is 0 Å². The van der Waals surface area contributed by atoms with Gasteiger partial charge in [-0.25, -0.2) is 8.42 Å². The van der Waals surface area contributed by atoms with Gasteiger partial charge in [0.15, 0.2) is 9.84 Å². The molecule has 2 N–H and O–H groups in total. The van der Waals surface area contributed by atoms with E-state index in [1.54, 1.807) is 6.92 Å². The van der Waals surface area contributed by atoms with Crippen LogP contribution in [0.4, 0.5) is 0 Å². The van der Waals surface area contributed by atoms with Gasteiger partial charge < -0.3 is 5.73 Å². The Labute approximate surface area is 97.6 Å². The van der Waals surface area contributed by atoms with Crippen molar-refractivity contribution in [2.75, 3.05) is 0 Å². The highest BCUT2D eigenvalue weighted by Crippen LogP contribution is 2.16. The molecule has 90 valence electrons. The highest BCUT2D eigenvalue weighted by Gasteiger charge is 2.20. The minimum absolute atomic E-state index is 0.0926. The molecule has 1 unspecified atom stereocenters. The molecule has 16 heavy (non-hydrogen) atoms. The second kappa shape index (κ2) is 5.46. The molecule has 1 rings (SSSR count). The Hall–Kier alpha value is -0.870. The standard InChI is InChI=1S/C12H19NO2S/c1-3-10(2)16(14,15)9-12-7-5-4-6-11(12)8-13/h4-7,10H,3,8-9,13H2,1-2H3. The van der Waals surface area contributed by atoms with Crippen molar-refractivity contribution in [1.29, 1.82) is 0 Å². The third kappa shape index (κ3) is 3.06. The van der Waals surface area contributed by atoms with E-state index in [0.717, 1.165) is 11.1 Å². The average molecular weight is 241 g/mol. The van der Waals surface area contributed by atoms with Gasteiger partial charge in [0, 0.05) is 6.54 Å². The van der Waals surface area contributed by atoms with Crippen LogP contribution in [-0.4, -0.2) is 13.7 Å². The fourth-order valence-electron chi connectivity index (χ4n) is 1.51. The van der Waals surface area contributed by atoms with E-state index >= 15 is 0 Å². The average Bonchev–Trinajstić information content (AvgIpc) is 2.28. The van der Waals surface area contributed by atoms with Crippen LogP contribution in [0.15, 0.2) is 24.3 Å². The zero-order valence-electron chi connectivity index (χ0n) is 9.81. The molecule has 1 aromatic carbocycles. The molecule has 0 heterocycles. The summed E-state index contributed by atoms with van der Waals surface area (Å²) >= 11 is 0. The van der Waals surface area contributed by atoms with Crippen molar-refractivity contribution >= 4 is 9.84 Å². The summed E-state index contributed by atoms with van der Waals surface area (Å²) in [5.41, 5.74) is 7.32. The minimum Gasteiger partial charge on any atom is -0.326 e. The maximum absolute atomic E-state index is 12.0. The molecule has 1 aromatic rings. The summed E-state index contributed by atoms with van der Waals surface area (Å²) < 4.78 is 23.9. The third-order valence-electron chi connectivity index (χ3n) is 2.88. The summed E-state index contributed by atoms with van der Waals surface area (Å²) in [4.78, 5) is 0. The lowest BCUT2D eigenvalue weighted by atomic mass is 10.1. The molecule has 0 saturated carbocycles. The highest BCUT2D eigenvalue weighted by atomic mass is 32.2. The maximum Gasteiger partial charge on any atom is 0.157 e. The van der Waals surface area contributed by atoms with Crippen LogP contribution in [0.1, 0.15) is 31.4 Å². The van der Waals surface area contributed by atoms with Gasteiger partial charge >= 0.3 is 0 Å². The van der Waals surface area contributed by atoms with E-state index in [1.165, 1.54) is 0 Å². The molecule has 0 aliphatic heterocycles. The molecule has 4 heteroatoms. The van der Waals surface area contributed by atoms with Crippen molar-refractivity contribution in [2.24, 2.45) is 5.73 Å². The monoisotopic (exact) mass is 241 g/mol. The van der Waals surface area contributed by atoms with Crippen molar-refractivity contribution in [2.45, 2.75) is 37.8 Å². The quantitative estimate of drug-likeness (QED) is 0.856. The van der Waals surface area contributed by atoms with Gasteiger partial charge in [0.2, 0.25) is 0 Å². The summed E-state index contributed by atoms with van der Waals surface area (Å²) in [5.74, 6) is 0.0926. The van der Waals surface area contributed by atoms with Crippen molar-refractivity contribution in [3.63, 3.8) is 0 Å². The predicted molar refractivity (Wildman–Crippen MR) is 66.7 cm³/mol. The van der Waals surface area contributed by atoms with E-state index in [4.69, 9.17) is 5.73 Å². The normalized spacial score (nSPS) is 13.7. The van der Waals surface area contributed by atoms with Crippen LogP contribution in [-0.2, 0) is 22.1 Å². The Morgan fingerprint density at radius 2 is 1.81 bits per heavy atom. The second-order valence-corrected chi connectivity index (χ2v) is 6.42. The number of hydrogen-bond acceptors (Lipinski definition) is 3. The van der Waals surface area contributed by atoms with Crippen LogP contribution < -0.4 is 5.73 Å². The van der Waals surface area contributed by atoms with E-state index < -0.39 is 9.84 Å². The number of sulfone groups is 1. The zero-order chi connectivity index (χ0) is 12.2. The van der Waals surface area contributed by atoms with Crippen molar-refractivity contribution in [3.8, 4) is 0 Å². The van der Waals surface area contributed by atoms with Gasteiger partial charge in [-0.1, -0.05) is 31.2 Å². The van der Waals surface area contributed by atoms with Gasteiger partial charge in [0.25, 0.3) is 0 Å². The fourth-order valence-corrected chi connectivity index (χ4v) is 3.02. The molecule has 1 atom stereocenters. The van der Waals surface area contributed by atoms with E-state index in [0.29, 0.717) is 13.0 Å². The molecule has 0 aliphatic rings. The maximum atomic E-state index is 12.0. The summed E-state index contributed by atoms with van der Waals surface area (Å²) in [7, 11) is -3.05.